The zero-order valence-corrected chi connectivity index (χ0v) is 29.1. The predicted octanol–water partition coefficient (Wildman–Crippen LogP) is 13.5. The quantitative estimate of drug-likeness (QED) is 0.0405. The van der Waals surface area contributed by atoms with Crippen LogP contribution in [-0.2, 0) is 14.3 Å². The molecule has 0 aromatic carbocycles. The summed E-state index contributed by atoms with van der Waals surface area (Å²) in [5.74, 6) is 0. The Morgan fingerprint density at radius 3 is 0.786 bits per heavy atom. The number of ether oxygens (including phenoxy) is 2. The number of carbonyl (C=O) groups excluding carboxylic acids is 1. The Morgan fingerprint density at radius 2 is 0.571 bits per heavy atom. The average molecular weight is 595 g/mol. The van der Waals surface area contributed by atoms with Crippen LogP contribution in [0.5, 0.6) is 0 Å². The number of carbonyl (C=O) groups is 1. The van der Waals surface area contributed by atoms with Crippen LogP contribution in [0.3, 0.4) is 0 Å². The first-order chi connectivity index (χ1) is 20.8. The van der Waals surface area contributed by atoms with Crippen molar-refractivity contribution in [3.8, 4) is 0 Å². The van der Waals surface area contributed by atoms with Gasteiger partial charge in [0.25, 0.3) is 0 Å². The van der Waals surface area contributed by atoms with Gasteiger partial charge in [0.1, 0.15) is 6.29 Å². The minimum atomic E-state index is -0.338. The van der Waals surface area contributed by atoms with Crippen LogP contribution >= 0.6 is 0 Å². The Labute approximate surface area is 265 Å². The summed E-state index contributed by atoms with van der Waals surface area (Å²) in [6.45, 7) is 6.02. The van der Waals surface area contributed by atoms with Crippen molar-refractivity contribution >= 4 is 6.29 Å². The minimum absolute atomic E-state index is 0.338. The van der Waals surface area contributed by atoms with Crippen LogP contribution in [0.1, 0.15) is 226 Å². The fraction of sp³-hybridized carbons (Fsp3) is 0.974. The fourth-order valence-electron chi connectivity index (χ4n) is 5.99. The van der Waals surface area contributed by atoms with Crippen molar-refractivity contribution in [1.82, 2.24) is 0 Å². The molecule has 0 unspecified atom stereocenters. The summed E-state index contributed by atoms with van der Waals surface area (Å²) in [5.41, 5.74) is 0. The van der Waals surface area contributed by atoms with Crippen LogP contribution in [0.2, 0.25) is 0 Å². The Balaban J connectivity index is 3.35. The molecule has 0 aliphatic heterocycles. The summed E-state index contributed by atoms with van der Waals surface area (Å²) in [6, 6.07) is 0. The number of hydrogen-bond donors (Lipinski definition) is 0. The van der Waals surface area contributed by atoms with Gasteiger partial charge in [0.15, 0.2) is 6.29 Å². The SMILES string of the molecule is CCCCCCCCCCCCCCCCCCOC(CC=O)OCCCCCCCCCCCCCCCCCC. The van der Waals surface area contributed by atoms with E-state index in [2.05, 4.69) is 13.8 Å². The molecule has 0 bridgehead atoms. The zero-order chi connectivity index (χ0) is 30.4. The molecule has 0 saturated heterocycles. The lowest BCUT2D eigenvalue weighted by Gasteiger charge is -2.16. The van der Waals surface area contributed by atoms with E-state index in [0.29, 0.717) is 6.42 Å². The number of aldehydes is 1. The van der Waals surface area contributed by atoms with Gasteiger partial charge in [-0.05, 0) is 12.8 Å². The topological polar surface area (TPSA) is 35.5 Å². The fourth-order valence-corrected chi connectivity index (χ4v) is 5.99. The molecule has 0 fully saturated rings. The molecular weight excluding hydrogens is 516 g/mol. The van der Waals surface area contributed by atoms with Gasteiger partial charge in [-0.2, -0.15) is 0 Å². The average Bonchev–Trinajstić information content (AvgIpc) is 3.00. The monoisotopic (exact) mass is 595 g/mol. The molecule has 42 heavy (non-hydrogen) atoms. The van der Waals surface area contributed by atoms with Crippen LogP contribution in [0.25, 0.3) is 0 Å². The normalized spacial score (nSPS) is 11.6. The standard InChI is InChI=1S/C39H78O3/c1-3-5-7-9-11-13-15-17-19-21-23-25-27-29-31-33-37-41-39(35-36-40)42-38-34-32-30-28-26-24-22-20-18-16-14-12-10-8-6-4-2/h36,39H,3-35,37-38H2,1-2H3. The predicted molar refractivity (Wildman–Crippen MR) is 185 cm³/mol. The van der Waals surface area contributed by atoms with Gasteiger partial charge in [0, 0.05) is 13.2 Å². The van der Waals surface area contributed by atoms with Gasteiger partial charge in [-0.25, -0.2) is 0 Å². The second kappa shape index (κ2) is 38.6. The molecule has 0 radical (unpaired) electrons. The van der Waals surface area contributed by atoms with Crippen molar-refractivity contribution < 1.29 is 14.3 Å². The summed E-state index contributed by atoms with van der Waals surface area (Å²) >= 11 is 0. The summed E-state index contributed by atoms with van der Waals surface area (Å²) in [6.07, 6.45) is 45.0. The van der Waals surface area contributed by atoms with Crippen LogP contribution in [0, 0.1) is 0 Å². The van der Waals surface area contributed by atoms with E-state index in [0.717, 1.165) is 32.3 Å². The maximum absolute atomic E-state index is 11.0. The van der Waals surface area contributed by atoms with Gasteiger partial charge in [-0.15, -0.1) is 0 Å². The van der Waals surface area contributed by atoms with E-state index in [1.807, 2.05) is 0 Å². The summed E-state index contributed by atoms with van der Waals surface area (Å²) in [7, 11) is 0. The number of rotatable bonds is 38. The maximum Gasteiger partial charge on any atom is 0.164 e. The lowest BCUT2D eigenvalue weighted by molar-refractivity contribution is -0.151. The zero-order valence-electron chi connectivity index (χ0n) is 29.1. The van der Waals surface area contributed by atoms with Crippen molar-refractivity contribution in [3.05, 3.63) is 0 Å². The van der Waals surface area contributed by atoms with Crippen LogP contribution < -0.4 is 0 Å². The Bertz CT molecular complexity index is 442. The number of hydrogen-bond acceptors (Lipinski definition) is 3. The van der Waals surface area contributed by atoms with Crippen molar-refractivity contribution in [1.29, 1.82) is 0 Å². The molecule has 0 aliphatic carbocycles. The van der Waals surface area contributed by atoms with E-state index in [1.165, 1.54) is 193 Å². The maximum atomic E-state index is 11.0. The highest BCUT2D eigenvalue weighted by molar-refractivity contribution is 5.49. The third kappa shape index (κ3) is 35.8. The molecule has 3 nitrogen and oxygen atoms in total. The lowest BCUT2D eigenvalue weighted by atomic mass is 10.0. The summed E-state index contributed by atoms with van der Waals surface area (Å²) in [4.78, 5) is 11.0. The van der Waals surface area contributed by atoms with Crippen molar-refractivity contribution in [2.45, 2.75) is 232 Å². The Kier molecular flexibility index (Phi) is 38.2. The smallest absolute Gasteiger partial charge is 0.164 e. The molecule has 0 rings (SSSR count). The largest absolute Gasteiger partial charge is 0.352 e. The van der Waals surface area contributed by atoms with E-state index in [-0.39, 0.29) is 6.29 Å². The van der Waals surface area contributed by atoms with Crippen LogP contribution in [-0.4, -0.2) is 25.8 Å². The van der Waals surface area contributed by atoms with Gasteiger partial charge in [-0.3, -0.25) is 0 Å². The molecule has 0 aromatic rings. The summed E-state index contributed by atoms with van der Waals surface area (Å²) in [5, 5.41) is 0. The minimum Gasteiger partial charge on any atom is -0.352 e. The van der Waals surface area contributed by atoms with Crippen molar-refractivity contribution in [2.75, 3.05) is 13.2 Å². The molecular formula is C39H78O3. The highest BCUT2D eigenvalue weighted by atomic mass is 16.7. The number of unbranched alkanes of at least 4 members (excludes halogenated alkanes) is 30. The molecule has 0 spiro atoms. The van der Waals surface area contributed by atoms with Crippen molar-refractivity contribution in [2.24, 2.45) is 0 Å². The molecule has 0 aliphatic rings. The van der Waals surface area contributed by atoms with E-state index in [9.17, 15) is 4.79 Å². The van der Waals surface area contributed by atoms with E-state index < -0.39 is 0 Å². The molecule has 252 valence electrons. The van der Waals surface area contributed by atoms with Gasteiger partial charge in [-0.1, -0.05) is 206 Å². The molecule has 0 amide bonds. The molecule has 0 aromatic heterocycles. The molecule has 0 saturated carbocycles. The molecule has 0 atom stereocenters. The van der Waals surface area contributed by atoms with E-state index in [1.54, 1.807) is 0 Å². The van der Waals surface area contributed by atoms with Crippen LogP contribution in [0.15, 0.2) is 0 Å². The van der Waals surface area contributed by atoms with E-state index >= 15 is 0 Å². The first-order valence-corrected chi connectivity index (χ1v) is 19.5. The summed E-state index contributed by atoms with van der Waals surface area (Å²) < 4.78 is 11.8. The molecule has 0 N–H and O–H groups in total. The first-order valence-electron chi connectivity index (χ1n) is 19.5. The van der Waals surface area contributed by atoms with Crippen molar-refractivity contribution in [3.63, 3.8) is 0 Å². The highest BCUT2D eigenvalue weighted by Crippen LogP contribution is 2.15. The second-order valence-corrected chi connectivity index (χ2v) is 13.2. The third-order valence-corrected chi connectivity index (χ3v) is 8.89. The highest BCUT2D eigenvalue weighted by Gasteiger charge is 2.08. The Hall–Kier alpha value is -0.410. The van der Waals surface area contributed by atoms with Gasteiger partial charge in [0.05, 0.1) is 6.42 Å². The lowest BCUT2D eigenvalue weighted by Crippen LogP contribution is -2.19. The van der Waals surface area contributed by atoms with Gasteiger partial charge >= 0.3 is 0 Å². The third-order valence-electron chi connectivity index (χ3n) is 8.89. The van der Waals surface area contributed by atoms with Gasteiger partial charge in [0.2, 0.25) is 0 Å². The molecule has 3 heteroatoms. The van der Waals surface area contributed by atoms with E-state index in [4.69, 9.17) is 9.47 Å². The Morgan fingerprint density at radius 1 is 0.357 bits per heavy atom. The second-order valence-electron chi connectivity index (χ2n) is 13.2. The van der Waals surface area contributed by atoms with Gasteiger partial charge < -0.3 is 14.3 Å². The molecule has 0 heterocycles. The van der Waals surface area contributed by atoms with Crippen LogP contribution in [0.4, 0.5) is 0 Å². The first kappa shape index (κ1) is 41.6.